The third kappa shape index (κ3) is 3.95. The quantitative estimate of drug-likeness (QED) is 0.385. The molecule has 4 heteroatoms. The fourth-order valence-corrected chi connectivity index (χ4v) is 6.29. The molecular formula is C28H33N3S. The molecule has 1 aliphatic rings. The Hall–Kier alpha value is -2.64. The number of hydrogen-bond acceptors (Lipinski definition) is 3. The van der Waals surface area contributed by atoms with Crippen molar-refractivity contribution in [2.75, 3.05) is 0 Å². The summed E-state index contributed by atoms with van der Waals surface area (Å²) in [4.78, 5) is 6.21. The normalized spacial score (nSPS) is 16.4. The van der Waals surface area contributed by atoms with Crippen LogP contribution in [0.2, 0.25) is 0 Å². The molecule has 0 saturated heterocycles. The Morgan fingerprint density at radius 3 is 2.47 bits per heavy atom. The molecule has 4 rings (SSSR count). The van der Waals surface area contributed by atoms with Crippen molar-refractivity contribution in [1.29, 1.82) is 5.26 Å². The predicted octanol–water partition coefficient (Wildman–Crippen LogP) is 7.55. The van der Waals surface area contributed by atoms with Gasteiger partial charge in [0.05, 0.1) is 11.3 Å². The average Bonchev–Trinajstić information content (AvgIpc) is 3.22. The zero-order valence-corrected chi connectivity index (χ0v) is 21.2. The molecule has 166 valence electrons. The van der Waals surface area contributed by atoms with Gasteiger partial charge in [0.2, 0.25) is 0 Å². The summed E-state index contributed by atoms with van der Waals surface area (Å²) in [5, 5.41) is 10.7. The lowest BCUT2D eigenvalue weighted by atomic mass is 9.72. The molecule has 0 unspecified atom stereocenters. The zero-order valence-electron chi connectivity index (χ0n) is 20.3. The summed E-state index contributed by atoms with van der Waals surface area (Å²) in [6.07, 6.45) is 5.16. The van der Waals surface area contributed by atoms with Gasteiger partial charge in [0.1, 0.15) is 11.1 Å². The standard InChI is InChI=1S/C28H33N3S/c1-17-9-8-10-18(2)26(17)31-19(3)13-21(20(31)4)16-30-27-24(15-29)23-12-11-22(28(5,6)7)14-25(23)32-27/h8-10,13,16,22H,11-12,14H2,1-7H3/t22-/m1/s1. The van der Waals surface area contributed by atoms with Crippen LogP contribution in [0.3, 0.4) is 0 Å². The molecule has 3 nitrogen and oxygen atoms in total. The second-order valence-corrected chi connectivity index (χ2v) is 11.3. The molecule has 2 aromatic heterocycles. The molecule has 32 heavy (non-hydrogen) atoms. The van der Waals surface area contributed by atoms with Gasteiger partial charge in [-0.25, -0.2) is 4.99 Å². The first-order valence-electron chi connectivity index (χ1n) is 11.5. The van der Waals surface area contributed by atoms with Crippen molar-refractivity contribution >= 4 is 22.6 Å². The molecule has 0 saturated carbocycles. The third-order valence-corrected chi connectivity index (χ3v) is 8.20. The monoisotopic (exact) mass is 443 g/mol. The van der Waals surface area contributed by atoms with Crippen LogP contribution >= 0.6 is 11.3 Å². The topological polar surface area (TPSA) is 41.1 Å². The first-order chi connectivity index (χ1) is 15.1. The van der Waals surface area contributed by atoms with Gasteiger partial charge in [0, 0.05) is 28.0 Å². The van der Waals surface area contributed by atoms with Crippen LogP contribution in [0.4, 0.5) is 5.00 Å². The van der Waals surface area contributed by atoms with Crippen LogP contribution in [-0.2, 0) is 12.8 Å². The van der Waals surface area contributed by atoms with Crippen LogP contribution in [0.5, 0.6) is 0 Å². The Bertz CT molecular complexity index is 1220. The number of rotatable bonds is 3. The van der Waals surface area contributed by atoms with E-state index in [2.05, 4.69) is 83.4 Å². The molecule has 0 radical (unpaired) electrons. The van der Waals surface area contributed by atoms with Crippen LogP contribution < -0.4 is 0 Å². The molecule has 0 bridgehead atoms. The van der Waals surface area contributed by atoms with Crippen molar-refractivity contribution in [2.24, 2.45) is 16.3 Å². The Kier molecular flexibility index (Phi) is 5.90. The molecule has 0 aliphatic heterocycles. The van der Waals surface area contributed by atoms with E-state index >= 15 is 0 Å². The van der Waals surface area contributed by atoms with Crippen LogP contribution in [0.25, 0.3) is 5.69 Å². The smallest absolute Gasteiger partial charge is 0.134 e. The van der Waals surface area contributed by atoms with Gasteiger partial charge >= 0.3 is 0 Å². The number of nitrogens with zero attached hydrogens (tertiary/aromatic N) is 3. The highest BCUT2D eigenvalue weighted by atomic mass is 32.1. The van der Waals surface area contributed by atoms with Crippen molar-refractivity contribution in [3.05, 3.63) is 68.3 Å². The first-order valence-corrected chi connectivity index (χ1v) is 12.3. The number of fused-ring (bicyclic) bond motifs is 1. The summed E-state index contributed by atoms with van der Waals surface area (Å²) in [5.74, 6) is 0.660. The maximum Gasteiger partial charge on any atom is 0.134 e. The van der Waals surface area contributed by atoms with Crippen LogP contribution in [0.15, 0.2) is 29.3 Å². The average molecular weight is 444 g/mol. The third-order valence-electron chi connectivity index (χ3n) is 7.04. The summed E-state index contributed by atoms with van der Waals surface area (Å²) in [6.45, 7) is 15.6. The molecule has 1 aromatic carbocycles. The van der Waals surface area contributed by atoms with Gasteiger partial charge in [0.15, 0.2) is 0 Å². The number of nitriles is 1. The van der Waals surface area contributed by atoms with Gasteiger partial charge in [-0.2, -0.15) is 5.26 Å². The van der Waals surface area contributed by atoms with E-state index in [4.69, 9.17) is 4.99 Å². The maximum atomic E-state index is 9.88. The molecule has 0 spiro atoms. The number of aromatic nitrogens is 1. The van der Waals surface area contributed by atoms with Crippen molar-refractivity contribution in [3.8, 4) is 11.8 Å². The largest absolute Gasteiger partial charge is 0.317 e. The second kappa shape index (κ2) is 8.37. The van der Waals surface area contributed by atoms with Gasteiger partial charge in [-0.1, -0.05) is 39.0 Å². The Morgan fingerprint density at radius 1 is 1.16 bits per heavy atom. The summed E-state index contributed by atoms with van der Waals surface area (Å²) >= 11 is 1.72. The van der Waals surface area contributed by atoms with E-state index in [1.54, 1.807) is 11.3 Å². The van der Waals surface area contributed by atoms with Crippen molar-refractivity contribution < 1.29 is 0 Å². The van der Waals surface area contributed by atoms with Crippen molar-refractivity contribution in [1.82, 2.24) is 4.57 Å². The van der Waals surface area contributed by atoms with E-state index in [-0.39, 0.29) is 0 Å². The van der Waals surface area contributed by atoms with Gasteiger partial charge in [-0.05, 0) is 81.0 Å². The van der Waals surface area contributed by atoms with Gasteiger partial charge < -0.3 is 4.57 Å². The van der Waals surface area contributed by atoms with Gasteiger partial charge in [0.25, 0.3) is 0 Å². The van der Waals surface area contributed by atoms with Gasteiger partial charge in [-0.15, -0.1) is 11.3 Å². The van der Waals surface area contributed by atoms with Gasteiger partial charge in [-0.3, -0.25) is 0 Å². The minimum absolute atomic E-state index is 0.295. The molecule has 0 fully saturated rings. The summed E-state index contributed by atoms with van der Waals surface area (Å²) in [7, 11) is 0. The Labute approximate surface area is 196 Å². The number of benzene rings is 1. The first kappa shape index (κ1) is 22.6. The van der Waals surface area contributed by atoms with Crippen LogP contribution in [0.1, 0.15) is 71.3 Å². The van der Waals surface area contributed by atoms with E-state index < -0.39 is 0 Å². The molecule has 1 atom stereocenters. The fourth-order valence-electron chi connectivity index (χ4n) is 5.07. The molecule has 0 amide bonds. The van der Waals surface area contributed by atoms with Crippen LogP contribution in [0, 0.1) is 50.4 Å². The number of aliphatic imine (C=N–C) groups is 1. The summed E-state index contributed by atoms with van der Waals surface area (Å²) in [6, 6.07) is 11.1. The minimum Gasteiger partial charge on any atom is -0.317 e. The molecule has 0 N–H and O–H groups in total. The van der Waals surface area contributed by atoms with E-state index in [0.717, 1.165) is 35.4 Å². The van der Waals surface area contributed by atoms with Crippen molar-refractivity contribution in [2.45, 2.75) is 67.7 Å². The molecule has 2 heterocycles. The molecule has 1 aliphatic carbocycles. The fraction of sp³-hybridized carbons (Fsp3) is 0.429. The number of aryl methyl sites for hydroxylation is 3. The lowest BCUT2D eigenvalue weighted by Crippen LogP contribution is -2.26. The number of thiophene rings is 1. The lowest BCUT2D eigenvalue weighted by molar-refractivity contribution is 0.218. The highest BCUT2D eigenvalue weighted by molar-refractivity contribution is 7.16. The SMILES string of the molecule is Cc1cccc(C)c1-n1c(C)cc(C=Nc2sc3c(c2C#N)CC[C@@H](C(C)(C)C)C3)c1C. The van der Waals surface area contributed by atoms with E-state index in [1.807, 2.05) is 6.21 Å². The van der Waals surface area contributed by atoms with E-state index in [0.29, 0.717) is 11.3 Å². The molecular weight excluding hydrogens is 410 g/mol. The number of para-hydroxylation sites is 1. The summed E-state index contributed by atoms with van der Waals surface area (Å²) < 4.78 is 2.32. The van der Waals surface area contributed by atoms with E-state index in [9.17, 15) is 5.26 Å². The Balaban J connectivity index is 1.70. The van der Waals surface area contributed by atoms with E-state index in [1.165, 1.54) is 38.6 Å². The summed E-state index contributed by atoms with van der Waals surface area (Å²) in [5.41, 5.74) is 9.58. The maximum absolute atomic E-state index is 9.88. The predicted molar refractivity (Wildman–Crippen MR) is 136 cm³/mol. The van der Waals surface area contributed by atoms with Crippen LogP contribution in [-0.4, -0.2) is 10.8 Å². The highest BCUT2D eigenvalue weighted by Crippen LogP contribution is 2.45. The lowest BCUT2D eigenvalue weighted by Gasteiger charge is -2.33. The Morgan fingerprint density at radius 2 is 1.84 bits per heavy atom. The minimum atomic E-state index is 0.295. The van der Waals surface area contributed by atoms with Crippen molar-refractivity contribution in [3.63, 3.8) is 0 Å². The molecule has 3 aromatic rings. The second-order valence-electron chi connectivity index (χ2n) is 10.3. The number of hydrogen-bond donors (Lipinski definition) is 0. The highest BCUT2D eigenvalue weighted by Gasteiger charge is 2.32. The zero-order chi connectivity index (χ0) is 23.2.